The number of ether oxygens (including phenoxy) is 1. The number of nitrogens with zero attached hydrogens (tertiary/aromatic N) is 1. The van der Waals surface area contributed by atoms with Crippen LogP contribution < -0.4 is 15.4 Å². The van der Waals surface area contributed by atoms with Crippen LogP contribution in [0, 0.1) is 17.8 Å². The van der Waals surface area contributed by atoms with Crippen LogP contribution >= 0.6 is 11.6 Å². The van der Waals surface area contributed by atoms with Crippen LogP contribution in [0.15, 0.2) is 42.5 Å². The van der Waals surface area contributed by atoms with Gasteiger partial charge in [-0.2, -0.15) is 0 Å². The predicted molar refractivity (Wildman–Crippen MR) is 119 cm³/mol. The first-order chi connectivity index (χ1) is 15.3. The van der Waals surface area contributed by atoms with Gasteiger partial charge < -0.3 is 10.1 Å². The van der Waals surface area contributed by atoms with Crippen LogP contribution in [0.3, 0.4) is 0 Å². The smallest absolute Gasteiger partial charge is 0.250 e. The number of methoxy groups -OCH3 is 1. The Kier molecular flexibility index (Phi) is 4.80. The van der Waals surface area contributed by atoms with Gasteiger partial charge in [-0.1, -0.05) is 49.7 Å². The standard InChI is InChI=1S/C24H24ClN3O4/c1-12(2)19-17-18(24(27-19)15-5-4-6-16(25)20(15)26-23(24)31)22(30)28(21(17)29)11-13-7-9-14(32-3)10-8-13/h4-10,12,17-19,27H,11H2,1-3H3,(H,26,31)/t17-,18+,19+,24-/m1/s1. The number of para-hydroxylation sites is 1. The van der Waals surface area contributed by atoms with Gasteiger partial charge in [-0.25, -0.2) is 0 Å². The Morgan fingerprint density at radius 2 is 1.81 bits per heavy atom. The Morgan fingerprint density at radius 1 is 1.09 bits per heavy atom. The zero-order valence-corrected chi connectivity index (χ0v) is 18.8. The van der Waals surface area contributed by atoms with E-state index in [9.17, 15) is 14.4 Å². The Hall–Kier alpha value is -2.90. The van der Waals surface area contributed by atoms with Crippen LogP contribution in [0.25, 0.3) is 0 Å². The van der Waals surface area contributed by atoms with Crippen molar-refractivity contribution in [1.29, 1.82) is 0 Å². The summed E-state index contributed by atoms with van der Waals surface area (Å²) in [7, 11) is 1.58. The molecule has 3 amide bonds. The molecular formula is C24H24ClN3O4. The number of imide groups is 1. The van der Waals surface area contributed by atoms with Gasteiger partial charge in [0.15, 0.2) is 0 Å². The number of hydrogen-bond donors (Lipinski definition) is 2. The summed E-state index contributed by atoms with van der Waals surface area (Å²) in [5.74, 6) is -1.65. The van der Waals surface area contributed by atoms with E-state index in [4.69, 9.17) is 16.3 Å². The van der Waals surface area contributed by atoms with Gasteiger partial charge in [-0.3, -0.25) is 24.6 Å². The molecule has 5 rings (SSSR count). The van der Waals surface area contributed by atoms with Crippen molar-refractivity contribution >= 4 is 35.0 Å². The third-order valence-corrected chi connectivity index (χ3v) is 7.26. The van der Waals surface area contributed by atoms with E-state index in [0.29, 0.717) is 22.0 Å². The number of hydrogen-bond acceptors (Lipinski definition) is 5. The third kappa shape index (κ3) is 2.74. The number of nitrogens with one attached hydrogen (secondary N) is 2. The molecular weight excluding hydrogens is 430 g/mol. The molecule has 8 heteroatoms. The Balaban J connectivity index is 1.58. The molecule has 3 aliphatic heterocycles. The number of halogens is 1. The molecule has 0 unspecified atom stereocenters. The molecule has 32 heavy (non-hydrogen) atoms. The van der Waals surface area contributed by atoms with E-state index >= 15 is 0 Å². The van der Waals surface area contributed by atoms with E-state index in [-0.39, 0.29) is 36.2 Å². The zero-order valence-electron chi connectivity index (χ0n) is 18.0. The molecule has 7 nitrogen and oxygen atoms in total. The molecule has 2 saturated heterocycles. The first kappa shape index (κ1) is 21.0. The summed E-state index contributed by atoms with van der Waals surface area (Å²) >= 11 is 6.35. The fourth-order valence-electron chi connectivity index (χ4n) is 5.43. The SMILES string of the molecule is COc1ccc(CN2C(=O)[C@@H]3[C@@H](C2=O)[C@@]2(N[C@H]3C(C)C)C(=O)Nc3c(Cl)cccc32)cc1. The van der Waals surface area contributed by atoms with Crippen LogP contribution in [-0.2, 0) is 26.5 Å². The number of benzene rings is 2. The van der Waals surface area contributed by atoms with Gasteiger partial charge in [0.05, 0.1) is 36.2 Å². The fraction of sp³-hybridized carbons (Fsp3) is 0.375. The second-order valence-corrected chi connectivity index (χ2v) is 9.36. The Bertz CT molecular complexity index is 1130. The highest BCUT2D eigenvalue weighted by molar-refractivity contribution is 6.35. The molecule has 166 valence electrons. The molecule has 1 spiro atoms. The summed E-state index contributed by atoms with van der Waals surface area (Å²) < 4.78 is 5.19. The molecule has 0 aliphatic carbocycles. The molecule has 2 aromatic rings. The van der Waals surface area contributed by atoms with Crippen LogP contribution in [0.1, 0.15) is 25.0 Å². The number of carbonyl (C=O) groups is 3. The van der Waals surface area contributed by atoms with Crippen molar-refractivity contribution in [3.8, 4) is 5.75 Å². The van der Waals surface area contributed by atoms with Crippen LogP contribution in [0.2, 0.25) is 5.02 Å². The molecule has 0 saturated carbocycles. The van der Waals surface area contributed by atoms with Crippen LogP contribution in [-0.4, -0.2) is 35.8 Å². The third-order valence-electron chi connectivity index (χ3n) is 6.94. The first-order valence-electron chi connectivity index (χ1n) is 10.7. The first-order valence-corrected chi connectivity index (χ1v) is 11.0. The molecule has 2 aromatic carbocycles. The normalized spacial score (nSPS) is 28.5. The predicted octanol–water partition coefficient (Wildman–Crippen LogP) is 2.93. The summed E-state index contributed by atoms with van der Waals surface area (Å²) in [5, 5.41) is 6.67. The number of likely N-dealkylation sites (tertiary alicyclic amines) is 1. The molecule has 2 fully saturated rings. The highest BCUT2D eigenvalue weighted by Gasteiger charge is 2.70. The number of amides is 3. The maximum atomic E-state index is 13.7. The maximum Gasteiger partial charge on any atom is 0.250 e. The monoisotopic (exact) mass is 453 g/mol. The van der Waals surface area contributed by atoms with E-state index in [1.165, 1.54) is 4.90 Å². The van der Waals surface area contributed by atoms with Gasteiger partial charge in [0.1, 0.15) is 11.3 Å². The minimum absolute atomic E-state index is 0.0376. The van der Waals surface area contributed by atoms with Gasteiger partial charge in [0.2, 0.25) is 17.7 Å². The second kappa shape index (κ2) is 7.32. The average Bonchev–Trinajstić information content (AvgIpc) is 3.36. The lowest BCUT2D eigenvalue weighted by molar-refractivity contribution is -0.143. The highest BCUT2D eigenvalue weighted by atomic mass is 35.5. The molecule has 3 aliphatic rings. The largest absolute Gasteiger partial charge is 0.497 e. The van der Waals surface area contributed by atoms with Gasteiger partial charge in [0.25, 0.3) is 0 Å². The maximum absolute atomic E-state index is 13.7. The van der Waals surface area contributed by atoms with Crippen molar-refractivity contribution in [3.05, 3.63) is 58.6 Å². The fourth-order valence-corrected chi connectivity index (χ4v) is 5.65. The average molecular weight is 454 g/mol. The topological polar surface area (TPSA) is 87.7 Å². The van der Waals surface area contributed by atoms with Gasteiger partial charge in [-0.15, -0.1) is 0 Å². The summed E-state index contributed by atoms with van der Waals surface area (Å²) in [4.78, 5) is 41.9. The summed E-state index contributed by atoms with van der Waals surface area (Å²) in [6.07, 6.45) is 0. The van der Waals surface area contributed by atoms with Crippen molar-refractivity contribution in [2.45, 2.75) is 32.0 Å². The second-order valence-electron chi connectivity index (χ2n) is 8.95. The van der Waals surface area contributed by atoms with Crippen molar-refractivity contribution in [2.24, 2.45) is 17.8 Å². The van der Waals surface area contributed by atoms with Crippen molar-refractivity contribution in [1.82, 2.24) is 10.2 Å². The number of anilines is 1. The minimum Gasteiger partial charge on any atom is -0.497 e. The van der Waals surface area contributed by atoms with Crippen molar-refractivity contribution in [3.63, 3.8) is 0 Å². The van der Waals surface area contributed by atoms with Gasteiger partial charge >= 0.3 is 0 Å². The van der Waals surface area contributed by atoms with E-state index in [1.807, 2.05) is 26.0 Å². The molecule has 4 atom stereocenters. The van der Waals surface area contributed by atoms with Crippen molar-refractivity contribution in [2.75, 3.05) is 12.4 Å². The quantitative estimate of drug-likeness (QED) is 0.695. The number of carbonyl (C=O) groups excluding carboxylic acids is 3. The Labute approximate surface area is 191 Å². The molecule has 0 bridgehead atoms. The van der Waals surface area contributed by atoms with Gasteiger partial charge in [-0.05, 0) is 29.7 Å². The van der Waals surface area contributed by atoms with Crippen molar-refractivity contribution < 1.29 is 19.1 Å². The van der Waals surface area contributed by atoms with Gasteiger partial charge in [0, 0.05) is 11.6 Å². The lowest BCUT2D eigenvalue weighted by atomic mass is 9.76. The van der Waals surface area contributed by atoms with Crippen LogP contribution in [0.4, 0.5) is 5.69 Å². The highest BCUT2D eigenvalue weighted by Crippen LogP contribution is 2.55. The molecule has 0 radical (unpaired) electrons. The summed E-state index contributed by atoms with van der Waals surface area (Å²) in [6, 6.07) is 12.2. The molecule has 3 heterocycles. The van der Waals surface area contributed by atoms with E-state index in [0.717, 1.165) is 5.56 Å². The van der Waals surface area contributed by atoms with E-state index in [2.05, 4.69) is 10.6 Å². The molecule has 0 aromatic heterocycles. The summed E-state index contributed by atoms with van der Waals surface area (Å²) in [5.41, 5.74) is 0.625. The number of fused-ring (bicyclic) bond motifs is 4. The van der Waals surface area contributed by atoms with Crippen LogP contribution in [0.5, 0.6) is 5.75 Å². The molecule has 2 N–H and O–H groups in total. The van der Waals surface area contributed by atoms with E-state index in [1.54, 1.807) is 37.4 Å². The number of rotatable bonds is 4. The summed E-state index contributed by atoms with van der Waals surface area (Å²) in [6.45, 7) is 4.13. The lowest BCUT2D eigenvalue weighted by Crippen LogP contribution is -2.53. The minimum atomic E-state index is -1.32. The van der Waals surface area contributed by atoms with E-state index < -0.39 is 17.4 Å². The zero-order chi connectivity index (χ0) is 22.8. The lowest BCUT2D eigenvalue weighted by Gasteiger charge is -2.30. The Morgan fingerprint density at radius 3 is 2.47 bits per heavy atom.